The highest BCUT2D eigenvalue weighted by Gasteiger charge is 2.04. The van der Waals surface area contributed by atoms with Crippen molar-refractivity contribution < 1.29 is 14.3 Å². The molecule has 0 bridgehead atoms. The van der Waals surface area contributed by atoms with Crippen LogP contribution in [0.5, 0.6) is 11.5 Å². The van der Waals surface area contributed by atoms with Crippen LogP contribution in [0.3, 0.4) is 0 Å². The van der Waals surface area contributed by atoms with E-state index < -0.39 is 0 Å². The van der Waals surface area contributed by atoms with Crippen LogP contribution in [0, 0.1) is 6.92 Å². The lowest BCUT2D eigenvalue weighted by atomic mass is 10.2. The zero-order valence-corrected chi connectivity index (χ0v) is 13.9. The number of benzene rings is 2. The molecule has 0 aromatic heterocycles. The molecule has 0 spiro atoms. The van der Waals surface area contributed by atoms with Crippen LogP contribution in [-0.2, 0) is 4.79 Å². The molecule has 0 saturated heterocycles. The number of rotatable bonds is 7. The molecule has 0 unspecified atom stereocenters. The van der Waals surface area contributed by atoms with Crippen LogP contribution in [-0.4, -0.2) is 25.7 Å². The first-order chi connectivity index (χ1) is 10.6. The van der Waals surface area contributed by atoms with Crippen molar-refractivity contribution in [3.05, 3.63) is 58.6 Å². The van der Waals surface area contributed by atoms with E-state index in [9.17, 15) is 4.79 Å². The highest BCUT2D eigenvalue weighted by Crippen LogP contribution is 2.23. The van der Waals surface area contributed by atoms with Crippen molar-refractivity contribution in [3.8, 4) is 11.5 Å². The normalized spacial score (nSPS) is 10.1. The summed E-state index contributed by atoms with van der Waals surface area (Å²) in [6.07, 6.45) is 0. The fourth-order valence-corrected chi connectivity index (χ4v) is 2.22. The van der Waals surface area contributed by atoms with Crippen LogP contribution in [0.4, 0.5) is 0 Å². The van der Waals surface area contributed by atoms with Gasteiger partial charge in [-0.25, -0.2) is 0 Å². The van der Waals surface area contributed by atoms with E-state index in [4.69, 9.17) is 9.47 Å². The number of nitrogens with one attached hydrogen (secondary N) is 1. The molecule has 1 N–H and O–H groups in total. The van der Waals surface area contributed by atoms with Crippen molar-refractivity contribution in [2.75, 3.05) is 19.8 Å². The van der Waals surface area contributed by atoms with E-state index in [0.717, 1.165) is 15.8 Å². The lowest BCUT2D eigenvalue weighted by Crippen LogP contribution is -2.32. The molecule has 22 heavy (non-hydrogen) atoms. The molecule has 0 heterocycles. The maximum Gasteiger partial charge on any atom is 0.258 e. The number of carbonyl (C=O) groups excluding carboxylic acids is 1. The first-order valence-corrected chi connectivity index (χ1v) is 7.78. The summed E-state index contributed by atoms with van der Waals surface area (Å²) in [4.78, 5) is 11.7. The minimum atomic E-state index is -0.177. The number of para-hydroxylation sites is 1. The molecule has 116 valence electrons. The van der Waals surface area contributed by atoms with Crippen molar-refractivity contribution in [3.63, 3.8) is 0 Å². The first kappa shape index (κ1) is 16.4. The van der Waals surface area contributed by atoms with E-state index in [1.54, 1.807) is 6.07 Å². The van der Waals surface area contributed by atoms with E-state index in [0.29, 0.717) is 18.9 Å². The Hall–Kier alpha value is -2.01. The number of hydrogen-bond donors (Lipinski definition) is 1. The second kappa shape index (κ2) is 8.44. The number of halogens is 1. The van der Waals surface area contributed by atoms with Crippen LogP contribution in [0.25, 0.3) is 0 Å². The zero-order chi connectivity index (χ0) is 15.8. The van der Waals surface area contributed by atoms with Gasteiger partial charge in [-0.05, 0) is 52.7 Å². The quantitative estimate of drug-likeness (QED) is 0.767. The second-order valence-corrected chi connectivity index (χ2v) is 5.59. The van der Waals surface area contributed by atoms with Crippen LogP contribution in [0.1, 0.15) is 5.56 Å². The molecular weight excluding hydrogens is 346 g/mol. The zero-order valence-electron chi connectivity index (χ0n) is 12.3. The van der Waals surface area contributed by atoms with Gasteiger partial charge in [-0.1, -0.05) is 24.3 Å². The molecule has 0 atom stereocenters. The average molecular weight is 364 g/mol. The minimum Gasteiger partial charge on any atom is -0.492 e. The fourth-order valence-electron chi connectivity index (χ4n) is 1.82. The highest BCUT2D eigenvalue weighted by atomic mass is 79.9. The summed E-state index contributed by atoms with van der Waals surface area (Å²) in [6, 6.07) is 15.2. The Kier molecular flexibility index (Phi) is 6.27. The Balaban J connectivity index is 1.65. The van der Waals surface area contributed by atoms with E-state index in [1.165, 1.54) is 0 Å². The predicted molar refractivity (Wildman–Crippen MR) is 89.3 cm³/mol. The fraction of sp³-hybridized carbons (Fsp3) is 0.235. The summed E-state index contributed by atoms with van der Waals surface area (Å²) in [5.41, 5.74) is 1.14. The third kappa shape index (κ3) is 5.41. The van der Waals surface area contributed by atoms with Gasteiger partial charge in [-0.15, -0.1) is 0 Å². The van der Waals surface area contributed by atoms with E-state index in [2.05, 4.69) is 21.2 Å². The monoisotopic (exact) mass is 363 g/mol. The van der Waals surface area contributed by atoms with Gasteiger partial charge in [0.2, 0.25) is 0 Å². The molecule has 0 aliphatic heterocycles. The maximum absolute atomic E-state index is 11.7. The van der Waals surface area contributed by atoms with Gasteiger partial charge in [0.05, 0.1) is 11.0 Å². The molecule has 4 nitrogen and oxygen atoms in total. The lowest BCUT2D eigenvalue weighted by molar-refractivity contribution is -0.123. The highest BCUT2D eigenvalue weighted by molar-refractivity contribution is 9.10. The Labute approximate surface area is 138 Å². The van der Waals surface area contributed by atoms with E-state index in [1.807, 2.05) is 49.4 Å². The van der Waals surface area contributed by atoms with Gasteiger partial charge in [0.15, 0.2) is 6.61 Å². The molecule has 5 heteroatoms. The molecule has 0 aliphatic rings. The number of aryl methyl sites for hydroxylation is 1. The standard InChI is InChI=1S/C17H18BrNO3/c1-13-5-4-6-14(11-13)21-10-9-19-17(20)12-22-16-8-3-2-7-15(16)18/h2-8,11H,9-10,12H2,1H3,(H,19,20). The van der Waals surface area contributed by atoms with Crippen molar-refractivity contribution in [1.82, 2.24) is 5.32 Å². The molecule has 1 amide bonds. The van der Waals surface area contributed by atoms with Crippen molar-refractivity contribution in [2.24, 2.45) is 0 Å². The van der Waals surface area contributed by atoms with Gasteiger partial charge in [0.1, 0.15) is 18.1 Å². The van der Waals surface area contributed by atoms with Gasteiger partial charge < -0.3 is 14.8 Å². The van der Waals surface area contributed by atoms with Gasteiger partial charge in [0.25, 0.3) is 5.91 Å². The SMILES string of the molecule is Cc1cccc(OCCNC(=O)COc2ccccc2Br)c1. The van der Waals surface area contributed by atoms with E-state index in [-0.39, 0.29) is 12.5 Å². The van der Waals surface area contributed by atoms with Crippen molar-refractivity contribution in [1.29, 1.82) is 0 Å². The van der Waals surface area contributed by atoms with E-state index >= 15 is 0 Å². The van der Waals surface area contributed by atoms with Gasteiger partial charge >= 0.3 is 0 Å². The summed E-state index contributed by atoms with van der Waals surface area (Å²) in [5.74, 6) is 1.27. The molecule has 2 aromatic rings. The minimum absolute atomic E-state index is 0.0208. The number of carbonyl (C=O) groups is 1. The third-order valence-corrected chi connectivity index (χ3v) is 3.53. The summed E-state index contributed by atoms with van der Waals surface area (Å²) < 4.78 is 11.8. The number of hydrogen-bond acceptors (Lipinski definition) is 3. The lowest BCUT2D eigenvalue weighted by Gasteiger charge is -2.10. The van der Waals surface area contributed by atoms with Gasteiger partial charge in [0, 0.05) is 0 Å². The van der Waals surface area contributed by atoms with Crippen LogP contribution in [0.15, 0.2) is 53.0 Å². The maximum atomic E-state index is 11.7. The number of amides is 1. The molecular formula is C17H18BrNO3. The summed E-state index contributed by atoms with van der Waals surface area (Å²) >= 11 is 3.37. The van der Waals surface area contributed by atoms with Gasteiger partial charge in [-0.3, -0.25) is 4.79 Å². The molecule has 2 rings (SSSR count). The van der Waals surface area contributed by atoms with Crippen molar-refractivity contribution in [2.45, 2.75) is 6.92 Å². The summed E-state index contributed by atoms with van der Waals surface area (Å²) in [6.45, 7) is 2.84. The topological polar surface area (TPSA) is 47.6 Å². The summed E-state index contributed by atoms with van der Waals surface area (Å²) in [5, 5.41) is 2.75. The Morgan fingerprint density at radius 3 is 2.73 bits per heavy atom. The second-order valence-electron chi connectivity index (χ2n) is 4.73. The van der Waals surface area contributed by atoms with Crippen molar-refractivity contribution >= 4 is 21.8 Å². The smallest absolute Gasteiger partial charge is 0.258 e. The molecule has 0 radical (unpaired) electrons. The Bertz CT molecular complexity index is 631. The summed E-state index contributed by atoms with van der Waals surface area (Å²) in [7, 11) is 0. The number of ether oxygens (including phenoxy) is 2. The van der Waals surface area contributed by atoms with Crippen LogP contribution >= 0.6 is 15.9 Å². The molecule has 0 aliphatic carbocycles. The Morgan fingerprint density at radius 2 is 1.95 bits per heavy atom. The average Bonchev–Trinajstić information content (AvgIpc) is 2.51. The Morgan fingerprint density at radius 1 is 1.14 bits per heavy atom. The molecule has 0 fully saturated rings. The van der Waals surface area contributed by atoms with Crippen LogP contribution < -0.4 is 14.8 Å². The first-order valence-electron chi connectivity index (χ1n) is 6.98. The van der Waals surface area contributed by atoms with Gasteiger partial charge in [-0.2, -0.15) is 0 Å². The molecule has 2 aromatic carbocycles. The predicted octanol–water partition coefficient (Wildman–Crippen LogP) is 3.33. The molecule has 0 saturated carbocycles. The third-order valence-electron chi connectivity index (χ3n) is 2.88. The van der Waals surface area contributed by atoms with Crippen LogP contribution in [0.2, 0.25) is 0 Å². The largest absolute Gasteiger partial charge is 0.492 e.